The van der Waals surface area contributed by atoms with Crippen molar-refractivity contribution in [3.8, 4) is 5.75 Å². The normalized spacial score (nSPS) is 10.5. The zero-order valence-electron chi connectivity index (χ0n) is 10.3. The molecule has 1 rings (SSSR count). The minimum atomic E-state index is -0.232. The number of ether oxygens (including phenoxy) is 1. The van der Waals surface area contributed by atoms with Gasteiger partial charge in [-0.2, -0.15) is 0 Å². The third-order valence-electron chi connectivity index (χ3n) is 2.49. The Morgan fingerprint density at radius 3 is 2.65 bits per heavy atom. The maximum atomic E-state index is 11.4. The summed E-state index contributed by atoms with van der Waals surface area (Å²) >= 11 is 0. The van der Waals surface area contributed by atoms with Gasteiger partial charge in [-0.3, -0.25) is 9.69 Å². The summed E-state index contributed by atoms with van der Waals surface area (Å²) in [5, 5.41) is 9.65. The van der Waals surface area contributed by atoms with Gasteiger partial charge in [0.25, 0.3) is 0 Å². The summed E-state index contributed by atoms with van der Waals surface area (Å²) in [5.74, 6) is 0.0274. The first-order chi connectivity index (χ1) is 8.17. The molecule has 0 aliphatic heterocycles. The number of benzene rings is 1. The van der Waals surface area contributed by atoms with Crippen LogP contribution in [0.15, 0.2) is 24.3 Å². The van der Waals surface area contributed by atoms with E-state index >= 15 is 0 Å². The monoisotopic (exact) mass is 237 g/mol. The average Bonchev–Trinajstić information content (AvgIpc) is 2.31. The quantitative estimate of drug-likeness (QED) is 0.766. The molecule has 0 heterocycles. The van der Waals surface area contributed by atoms with Crippen molar-refractivity contribution >= 4 is 5.97 Å². The van der Waals surface area contributed by atoms with E-state index < -0.39 is 0 Å². The Morgan fingerprint density at radius 2 is 2.06 bits per heavy atom. The molecule has 0 saturated heterocycles. The Balaban J connectivity index is 2.58. The Labute approximate surface area is 102 Å². The van der Waals surface area contributed by atoms with Gasteiger partial charge in [0.15, 0.2) is 0 Å². The van der Waals surface area contributed by atoms with Crippen molar-refractivity contribution in [3.05, 3.63) is 29.8 Å². The number of carbonyl (C=O) groups is 1. The highest BCUT2D eigenvalue weighted by atomic mass is 16.5. The van der Waals surface area contributed by atoms with Gasteiger partial charge in [-0.25, -0.2) is 0 Å². The number of phenolic OH excluding ortho intramolecular Hbond substituents is 1. The van der Waals surface area contributed by atoms with Crippen molar-refractivity contribution in [1.29, 1.82) is 0 Å². The molecule has 0 radical (unpaired) electrons. The molecule has 1 aromatic rings. The third-order valence-corrected chi connectivity index (χ3v) is 2.49. The third kappa shape index (κ3) is 4.44. The Kier molecular flexibility index (Phi) is 5.49. The molecule has 0 saturated carbocycles. The van der Waals surface area contributed by atoms with E-state index in [0.29, 0.717) is 13.2 Å². The first-order valence-corrected chi connectivity index (χ1v) is 5.82. The molecule has 0 amide bonds. The number of phenols is 1. The predicted molar refractivity (Wildman–Crippen MR) is 65.7 cm³/mol. The fraction of sp³-hybridized carbons (Fsp3) is 0.462. The van der Waals surface area contributed by atoms with Crippen LogP contribution in [0.25, 0.3) is 0 Å². The Hall–Kier alpha value is -1.55. The van der Waals surface area contributed by atoms with E-state index in [9.17, 15) is 9.90 Å². The fourth-order valence-electron chi connectivity index (χ4n) is 1.55. The lowest BCUT2D eigenvalue weighted by Gasteiger charge is -2.19. The molecule has 17 heavy (non-hydrogen) atoms. The second-order valence-corrected chi connectivity index (χ2v) is 3.74. The first kappa shape index (κ1) is 13.5. The van der Waals surface area contributed by atoms with Gasteiger partial charge < -0.3 is 9.84 Å². The maximum absolute atomic E-state index is 11.4. The number of likely N-dealkylation sites (N-methyl/N-ethyl adjacent to an activating group) is 1. The fourth-order valence-corrected chi connectivity index (χ4v) is 1.55. The summed E-state index contributed by atoms with van der Waals surface area (Å²) in [5.41, 5.74) is 0.818. The molecule has 0 aliphatic rings. The highest BCUT2D eigenvalue weighted by molar-refractivity contribution is 5.71. The molecule has 1 N–H and O–H groups in total. The minimum Gasteiger partial charge on any atom is -0.508 e. The average molecular weight is 237 g/mol. The number of aromatic hydroxyl groups is 1. The lowest BCUT2D eigenvalue weighted by Crippen LogP contribution is -2.30. The number of esters is 1. The van der Waals surface area contributed by atoms with Crippen LogP contribution in [-0.2, 0) is 16.1 Å². The number of hydrogen-bond donors (Lipinski definition) is 1. The molecule has 0 spiro atoms. The highest BCUT2D eigenvalue weighted by Crippen LogP contribution is 2.17. The molecule has 0 fully saturated rings. The summed E-state index contributed by atoms with van der Waals surface area (Å²) in [6.07, 6.45) is 0. The zero-order valence-corrected chi connectivity index (χ0v) is 10.3. The SMILES string of the molecule is CCOC(=O)CN(CC)Cc1ccccc1O. The van der Waals surface area contributed by atoms with Crippen molar-refractivity contribution in [2.75, 3.05) is 19.7 Å². The van der Waals surface area contributed by atoms with Gasteiger partial charge in [0.2, 0.25) is 0 Å². The number of rotatable bonds is 6. The van der Waals surface area contributed by atoms with E-state index in [4.69, 9.17) is 4.74 Å². The number of para-hydroxylation sites is 1. The smallest absolute Gasteiger partial charge is 0.320 e. The molecular weight excluding hydrogens is 218 g/mol. The van der Waals surface area contributed by atoms with E-state index in [1.54, 1.807) is 19.1 Å². The summed E-state index contributed by atoms with van der Waals surface area (Å²) in [6.45, 7) is 5.68. The lowest BCUT2D eigenvalue weighted by atomic mass is 10.2. The number of carbonyl (C=O) groups excluding carboxylic acids is 1. The molecular formula is C13H19NO3. The lowest BCUT2D eigenvalue weighted by molar-refractivity contribution is -0.144. The van der Waals surface area contributed by atoms with Crippen LogP contribution in [0, 0.1) is 0 Å². The highest BCUT2D eigenvalue weighted by Gasteiger charge is 2.11. The van der Waals surface area contributed by atoms with Crippen LogP contribution in [-0.4, -0.2) is 35.7 Å². The van der Waals surface area contributed by atoms with Crippen molar-refractivity contribution in [3.63, 3.8) is 0 Å². The molecule has 0 unspecified atom stereocenters. The van der Waals surface area contributed by atoms with Gasteiger partial charge in [0.05, 0.1) is 13.2 Å². The van der Waals surface area contributed by atoms with Gasteiger partial charge >= 0.3 is 5.97 Å². The van der Waals surface area contributed by atoms with Crippen LogP contribution >= 0.6 is 0 Å². The van der Waals surface area contributed by atoms with Gasteiger partial charge in [0.1, 0.15) is 5.75 Å². The van der Waals surface area contributed by atoms with Crippen molar-refractivity contribution in [2.24, 2.45) is 0 Å². The molecule has 4 nitrogen and oxygen atoms in total. The van der Waals surface area contributed by atoms with Crippen molar-refractivity contribution < 1.29 is 14.6 Å². The topological polar surface area (TPSA) is 49.8 Å². The number of hydrogen-bond acceptors (Lipinski definition) is 4. The molecule has 94 valence electrons. The van der Waals surface area contributed by atoms with E-state index in [1.165, 1.54) is 0 Å². The molecule has 0 bridgehead atoms. The van der Waals surface area contributed by atoms with Gasteiger partial charge in [-0.15, -0.1) is 0 Å². The Morgan fingerprint density at radius 1 is 1.35 bits per heavy atom. The summed E-state index contributed by atoms with van der Waals surface area (Å²) in [6, 6.07) is 7.14. The summed E-state index contributed by atoms with van der Waals surface area (Å²) in [4.78, 5) is 13.3. The van der Waals surface area contributed by atoms with Crippen LogP contribution < -0.4 is 0 Å². The standard InChI is InChI=1S/C13H19NO3/c1-3-14(10-13(16)17-4-2)9-11-7-5-6-8-12(11)15/h5-8,15H,3-4,9-10H2,1-2H3. The summed E-state index contributed by atoms with van der Waals surface area (Å²) in [7, 11) is 0. The van der Waals surface area contributed by atoms with Gasteiger partial charge in [0, 0.05) is 12.1 Å². The molecule has 1 aromatic carbocycles. The van der Waals surface area contributed by atoms with Crippen LogP contribution in [0.3, 0.4) is 0 Å². The second kappa shape index (κ2) is 6.91. The van der Waals surface area contributed by atoms with E-state index in [-0.39, 0.29) is 18.3 Å². The van der Waals surface area contributed by atoms with E-state index in [0.717, 1.165) is 12.1 Å². The summed E-state index contributed by atoms with van der Waals surface area (Å²) < 4.78 is 4.90. The second-order valence-electron chi connectivity index (χ2n) is 3.74. The van der Waals surface area contributed by atoms with Crippen LogP contribution in [0.2, 0.25) is 0 Å². The molecule has 4 heteroatoms. The van der Waals surface area contributed by atoms with Crippen molar-refractivity contribution in [1.82, 2.24) is 4.90 Å². The zero-order chi connectivity index (χ0) is 12.7. The van der Waals surface area contributed by atoms with Gasteiger partial charge in [-0.1, -0.05) is 25.1 Å². The van der Waals surface area contributed by atoms with Crippen LogP contribution in [0.4, 0.5) is 0 Å². The van der Waals surface area contributed by atoms with Crippen molar-refractivity contribution in [2.45, 2.75) is 20.4 Å². The predicted octanol–water partition coefficient (Wildman–Crippen LogP) is 1.78. The molecule has 0 aromatic heterocycles. The van der Waals surface area contributed by atoms with Gasteiger partial charge in [-0.05, 0) is 19.5 Å². The molecule has 0 atom stereocenters. The van der Waals surface area contributed by atoms with E-state index in [2.05, 4.69) is 0 Å². The largest absolute Gasteiger partial charge is 0.508 e. The van der Waals surface area contributed by atoms with E-state index in [1.807, 2.05) is 24.0 Å². The van der Waals surface area contributed by atoms with Crippen LogP contribution in [0.1, 0.15) is 19.4 Å². The first-order valence-electron chi connectivity index (χ1n) is 5.82. The maximum Gasteiger partial charge on any atom is 0.320 e. The minimum absolute atomic E-state index is 0.232. The number of nitrogens with zero attached hydrogens (tertiary/aromatic N) is 1. The molecule has 0 aliphatic carbocycles. The van der Waals surface area contributed by atoms with Crippen LogP contribution in [0.5, 0.6) is 5.75 Å². The Bertz CT molecular complexity index is 365.